The molecule has 4 nitrogen and oxygen atoms in total. The zero-order chi connectivity index (χ0) is 11.4. The molecule has 4 heteroatoms. The van der Waals surface area contributed by atoms with E-state index >= 15 is 0 Å². The van der Waals surface area contributed by atoms with Crippen molar-refractivity contribution in [2.45, 2.75) is 19.3 Å². The van der Waals surface area contributed by atoms with Crippen molar-refractivity contribution in [2.75, 3.05) is 0 Å². The zero-order valence-electron chi connectivity index (χ0n) is 8.86. The van der Waals surface area contributed by atoms with Crippen molar-refractivity contribution in [3.05, 3.63) is 36.0 Å². The Morgan fingerprint density at radius 1 is 1.38 bits per heavy atom. The standard InChI is InChI=1S/C12H14N2O2/c15-12(14-16)6-2-4-9-3-1-5-11-10(9)7-8-13-11/h1,3,5,7-8,13,16H,2,4,6H2,(H,14,15). The highest BCUT2D eigenvalue weighted by Gasteiger charge is 2.03. The summed E-state index contributed by atoms with van der Waals surface area (Å²) in [6.07, 6.45) is 3.82. The molecule has 0 radical (unpaired) electrons. The molecule has 0 bridgehead atoms. The number of hydrogen-bond donors (Lipinski definition) is 3. The van der Waals surface area contributed by atoms with Crippen LogP contribution < -0.4 is 5.48 Å². The van der Waals surface area contributed by atoms with Gasteiger partial charge in [0, 0.05) is 23.5 Å². The molecule has 3 N–H and O–H groups in total. The number of rotatable bonds is 4. The summed E-state index contributed by atoms with van der Waals surface area (Å²) < 4.78 is 0. The van der Waals surface area contributed by atoms with Crippen LogP contribution in [0.1, 0.15) is 18.4 Å². The van der Waals surface area contributed by atoms with Gasteiger partial charge >= 0.3 is 0 Å². The molecule has 0 aliphatic carbocycles. The van der Waals surface area contributed by atoms with Gasteiger partial charge in [-0.05, 0) is 30.5 Å². The third-order valence-electron chi connectivity index (χ3n) is 2.66. The normalized spacial score (nSPS) is 10.6. The third kappa shape index (κ3) is 2.23. The van der Waals surface area contributed by atoms with Crippen molar-refractivity contribution in [2.24, 2.45) is 0 Å². The van der Waals surface area contributed by atoms with Gasteiger partial charge in [-0.25, -0.2) is 5.48 Å². The lowest BCUT2D eigenvalue weighted by molar-refractivity contribution is -0.129. The first-order chi connectivity index (χ1) is 7.81. The fraction of sp³-hybridized carbons (Fsp3) is 0.250. The van der Waals surface area contributed by atoms with Crippen LogP contribution in [0.3, 0.4) is 0 Å². The monoisotopic (exact) mass is 218 g/mol. The Balaban J connectivity index is 2.04. The number of carbonyl (C=O) groups excluding carboxylic acids is 1. The van der Waals surface area contributed by atoms with E-state index in [0.717, 1.165) is 18.4 Å². The lowest BCUT2D eigenvalue weighted by Crippen LogP contribution is -2.18. The van der Waals surface area contributed by atoms with Crippen LogP contribution in [0.4, 0.5) is 0 Å². The number of aromatic amines is 1. The van der Waals surface area contributed by atoms with E-state index in [-0.39, 0.29) is 5.91 Å². The van der Waals surface area contributed by atoms with Crippen LogP contribution in [-0.4, -0.2) is 16.1 Å². The van der Waals surface area contributed by atoms with Gasteiger partial charge < -0.3 is 4.98 Å². The van der Waals surface area contributed by atoms with E-state index in [1.807, 2.05) is 24.4 Å². The van der Waals surface area contributed by atoms with E-state index in [1.54, 1.807) is 5.48 Å². The second-order valence-corrected chi connectivity index (χ2v) is 3.74. The second kappa shape index (κ2) is 4.81. The molecule has 0 fully saturated rings. The van der Waals surface area contributed by atoms with Gasteiger partial charge in [0.1, 0.15) is 0 Å². The van der Waals surface area contributed by atoms with Crippen LogP contribution in [0.15, 0.2) is 30.5 Å². The minimum atomic E-state index is -0.332. The summed E-state index contributed by atoms with van der Waals surface area (Å²) in [6.45, 7) is 0. The van der Waals surface area contributed by atoms with E-state index in [9.17, 15) is 4.79 Å². The molecule has 1 aromatic carbocycles. The number of hydroxylamine groups is 1. The average Bonchev–Trinajstić information content (AvgIpc) is 2.77. The first-order valence-electron chi connectivity index (χ1n) is 5.29. The number of fused-ring (bicyclic) bond motifs is 1. The predicted octanol–water partition coefficient (Wildman–Crippen LogP) is 2.00. The molecule has 0 atom stereocenters. The van der Waals surface area contributed by atoms with Gasteiger partial charge in [0.2, 0.25) is 5.91 Å². The molecule has 2 rings (SSSR count). The van der Waals surface area contributed by atoms with Crippen molar-refractivity contribution >= 4 is 16.8 Å². The van der Waals surface area contributed by atoms with Crippen LogP contribution in [0.2, 0.25) is 0 Å². The lowest BCUT2D eigenvalue weighted by Gasteiger charge is -2.02. The Morgan fingerprint density at radius 3 is 3.06 bits per heavy atom. The number of amides is 1. The highest BCUT2D eigenvalue weighted by atomic mass is 16.5. The summed E-state index contributed by atoms with van der Waals surface area (Å²) in [5.41, 5.74) is 3.98. The largest absolute Gasteiger partial charge is 0.361 e. The number of hydrogen-bond acceptors (Lipinski definition) is 2. The van der Waals surface area contributed by atoms with Gasteiger partial charge in [0.15, 0.2) is 0 Å². The summed E-state index contributed by atoms with van der Waals surface area (Å²) >= 11 is 0. The fourth-order valence-electron chi connectivity index (χ4n) is 1.86. The first kappa shape index (κ1) is 10.7. The number of nitrogens with one attached hydrogen (secondary N) is 2. The zero-order valence-corrected chi connectivity index (χ0v) is 8.86. The molecule has 0 aliphatic rings. The Morgan fingerprint density at radius 2 is 2.25 bits per heavy atom. The number of benzene rings is 1. The molecule has 1 aromatic heterocycles. The summed E-state index contributed by atoms with van der Waals surface area (Å²) in [7, 11) is 0. The van der Waals surface area contributed by atoms with Crippen LogP contribution in [0, 0.1) is 0 Å². The third-order valence-corrected chi connectivity index (χ3v) is 2.66. The highest BCUT2D eigenvalue weighted by molar-refractivity contribution is 5.83. The SMILES string of the molecule is O=C(CCCc1cccc2[nH]ccc12)NO. The number of carbonyl (C=O) groups is 1. The lowest BCUT2D eigenvalue weighted by atomic mass is 10.0. The van der Waals surface area contributed by atoms with Crippen molar-refractivity contribution in [1.29, 1.82) is 0 Å². The minimum absolute atomic E-state index is 0.332. The van der Waals surface area contributed by atoms with Crippen molar-refractivity contribution in [1.82, 2.24) is 10.5 Å². The van der Waals surface area contributed by atoms with Crippen molar-refractivity contribution in [3.63, 3.8) is 0 Å². The second-order valence-electron chi connectivity index (χ2n) is 3.74. The molecule has 0 saturated carbocycles. The van der Waals surface area contributed by atoms with E-state index < -0.39 is 0 Å². The van der Waals surface area contributed by atoms with Crippen LogP contribution >= 0.6 is 0 Å². The summed E-state index contributed by atoms with van der Waals surface area (Å²) in [4.78, 5) is 14.0. The number of aryl methyl sites for hydroxylation is 1. The van der Waals surface area contributed by atoms with E-state index in [4.69, 9.17) is 5.21 Å². The summed E-state index contributed by atoms with van der Waals surface area (Å²) in [6, 6.07) is 8.13. The average molecular weight is 218 g/mol. The van der Waals surface area contributed by atoms with Crippen LogP contribution in [-0.2, 0) is 11.2 Å². The smallest absolute Gasteiger partial charge is 0.243 e. The molecule has 0 spiro atoms. The number of aromatic nitrogens is 1. The van der Waals surface area contributed by atoms with E-state index in [0.29, 0.717) is 6.42 Å². The Bertz CT molecular complexity index is 490. The van der Waals surface area contributed by atoms with Crippen LogP contribution in [0.5, 0.6) is 0 Å². The molecule has 0 saturated heterocycles. The minimum Gasteiger partial charge on any atom is -0.361 e. The molecule has 0 unspecified atom stereocenters. The van der Waals surface area contributed by atoms with Gasteiger partial charge in [-0.2, -0.15) is 0 Å². The van der Waals surface area contributed by atoms with Gasteiger partial charge in [-0.3, -0.25) is 10.0 Å². The molecule has 84 valence electrons. The first-order valence-corrected chi connectivity index (χ1v) is 5.29. The van der Waals surface area contributed by atoms with E-state index in [1.165, 1.54) is 10.9 Å². The molecular formula is C12H14N2O2. The molecular weight excluding hydrogens is 204 g/mol. The van der Waals surface area contributed by atoms with Gasteiger partial charge in [-0.15, -0.1) is 0 Å². The quantitative estimate of drug-likeness (QED) is 0.542. The maximum absolute atomic E-state index is 10.8. The fourth-order valence-corrected chi connectivity index (χ4v) is 1.86. The van der Waals surface area contributed by atoms with Gasteiger partial charge in [0.05, 0.1) is 0 Å². The Hall–Kier alpha value is -1.81. The highest BCUT2D eigenvalue weighted by Crippen LogP contribution is 2.19. The van der Waals surface area contributed by atoms with Crippen molar-refractivity contribution < 1.29 is 10.0 Å². The molecule has 16 heavy (non-hydrogen) atoms. The Labute approximate surface area is 93.2 Å². The van der Waals surface area contributed by atoms with Gasteiger partial charge in [0.25, 0.3) is 0 Å². The topological polar surface area (TPSA) is 65.1 Å². The Kier molecular flexibility index (Phi) is 3.22. The van der Waals surface area contributed by atoms with E-state index in [2.05, 4.69) is 11.1 Å². The molecule has 0 aliphatic heterocycles. The maximum Gasteiger partial charge on any atom is 0.243 e. The van der Waals surface area contributed by atoms with Crippen molar-refractivity contribution in [3.8, 4) is 0 Å². The van der Waals surface area contributed by atoms with Crippen LogP contribution in [0.25, 0.3) is 10.9 Å². The summed E-state index contributed by atoms with van der Waals surface area (Å²) in [5.74, 6) is -0.332. The maximum atomic E-state index is 10.8. The molecule has 1 amide bonds. The predicted molar refractivity (Wildman–Crippen MR) is 61.2 cm³/mol. The summed E-state index contributed by atoms with van der Waals surface area (Å²) in [5, 5.41) is 9.57. The molecule has 2 aromatic rings. The molecule has 1 heterocycles. The number of H-pyrrole nitrogens is 1. The van der Waals surface area contributed by atoms with Gasteiger partial charge in [-0.1, -0.05) is 12.1 Å².